The molecule has 1 nitrogen and oxygen atoms in total. The van der Waals surface area contributed by atoms with E-state index in [1.54, 1.807) is 6.92 Å². The molecule has 0 N–H and O–H groups in total. The molecule has 0 unspecified atom stereocenters. The molecular formula is C25H34F2O. The minimum atomic E-state index is -0.934. The number of hydrogen-bond donors (Lipinski definition) is 0. The Morgan fingerprint density at radius 3 is 2.14 bits per heavy atom. The summed E-state index contributed by atoms with van der Waals surface area (Å²) in [6.07, 6.45) is 13.0. The van der Waals surface area contributed by atoms with E-state index in [2.05, 4.69) is 18.8 Å². The van der Waals surface area contributed by atoms with Crippen LogP contribution in [0, 0.1) is 47.1 Å². The van der Waals surface area contributed by atoms with Crippen molar-refractivity contribution in [2.45, 2.75) is 78.1 Å². The first-order valence-corrected chi connectivity index (χ1v) is 11.2. The molecule has 154 valence electrons. The number of rotatable bonds is 5. The van der Waals surface area contributed by atoms with Gasteiger partial charge in [0.25, 0.3) is 0 Å². The van der Waals surface area contributed by atoms with E-state index in [1.807, 2.05) is 0 Å². The molecule has 2 aliphatic carbocycles. The molecule has 3 rings (SSSR count). The summed E-state index contributed by atoms with van der Waals surface area (Å²) in [6, 6.07) is 2.99. The van der Waals surface area contributed by atoms with Gasteiger partial charge in [0, 0.05) is 5.92 Å². The van der Waals surface area contributed by atoms with E-state index in [1.165, 1.54) is 63.5 Å². The van der Waals surface area contributed by atoms with Gasteiger partial charge in [-0.1, -0.05) is 44.4 Å². The van der Waals surface area contributed by atoms with Crippen molar-refractivity contribution in [1.82, 2.24) is 0 Å². The molecule has 0 atom stereocenters. The van der Waals surface area contributed by atoms with E-state index in [-0.39, 0.29) is 11.3 Å². The van der Waals surface area contributed by atoms with Crippen LogP contribution in [0.1, 0.15) is 83.6 Å². The van der Waals surface area contributed by atoms with Crippen molar-refractivity contribution in [1.29, 1.82) is 0 Å². The molecule has 0 amide bonds. The molecule has 2 aliphatic rings. The highest BCUT2D eigenvalue weighted by molar-refractivity contribution is 5.41. The monoisotopic (exact) mass is 388 g/mol. The summed E-state index contributed by atoms with van der Waals surface area (Å²) in [7, 11) is 0. The van der Waals surface area contributed by atoms with E-state index in [0.29, 0.717) is 12.5 Å². The summed E-state index contributed by atoms with van der Waals surface area (Å²) in [5.74, 6) is 7.25. The average Bonchev–Trinajstić information content (AvgIpc) is 2.72. The Hall–Kier alpha value is -1.56. The van der Waals surface area contributed by atoms with Crippen LogP contribution in [0.3, 0.4) is 0 Å². The predicted molar refractivity (Wildman–Crippen MR) is 110 cm³/mol. The maximum atomic E-state index is 14.2. The van der Waals surface area contributed by atoms with Crippen LogP contribution >= 0.6 is 0 Å². The summed E-state index contributed by atoms with van der Waals surface area (Å²) in [4.78, 5) is 0. The number of hydrogen-bond acceptors (Lipinski definition) is 1. The topological polar surface area (TPSA) is 9.23 Å². The van der Waals surface area contributed by atoms with Crippen molar-refractivity contribution in [3.8, 4) is 17.6 Å². The minimum Gasteiger partial charge on any atom is -0.491 e. The van der Waals surface area contributed by atoms with Crippen molar-refractivity contribution in [3.63, 3.8) is 0 Å². The lowest BCUT2D eigenvalue weighted by molar-refractivity contribution is 0.154. The first-order chi connectivity index (χ1) is 13.6. The lowest BCUT2D eigenvalue weighted by atomic mass is 9.69. The first-order valence-electron chi connectivity index (χ1n) is 11.2. The Morgan fingerprint density at radius 2 is 1.54 bits per heavy atom. The molecule has 0 aliphatic heterocycles. The largest absolute Gasteiger partial charge is 0.491 e. The standard InChI is InChI=1S/C25H34F2O/c1-3-5-18-6-11-20(12-7-18)21-13-8-19(9-14-21)10-15-22-16-17-23(28-4-2)25(27)24(22)26/h16-21H,3-9,11-14H2,1-2H3/t18-,19?,20-,21?. The van der Waals surface area contributed by atoms with Gasteiger partial charge in [0.05, 0.1) is 12.2 Å². The Labute approximate surface area is 169 Å². The van der Waals surface area contributed by atoms with E-state index in [4.69, 9.17) is 4.74 Å². The van der Waals surface area contributed by atoms with Gasteiger partial charge in [-0.2, -0.15) is 4.39 Å². The zero-order valence-electron chi connectivity index (χ0n) is 17.4. The van der Waals surface area contributed by atoms with Gasteiger partial charge in [-0.15, -0.1) is 0 Å². The average molecular weight is 389 g/mol. The Kier molecular flexibility index (Phi) is 7.77. The lowest BCUT2D eigenvalue weighted by Crippen LogP contribution is -2.25. The van der Waals surface area contributed by atoms with Crippen LogP contribution in [0.15, 0.2) is 12.1 Å². The third kappa shape index (κ3) is 5.28. The molecule has 28 heavy (non-hydrogen) atoms. The van der Waals surface area contributed by atoms with Crippen molar-refractivity contribution >= 4 is 0 Å². The zero-order chi connectivity index (χ0) is 19.9. The highest BCUT2D eigenvalue weighted by Crippen LogP contribution is 2.42. The molecule has 2 fully saturated rings. The van der Waals surface area contributed by atoms with E-state index >= 15 is 0 Å². The maximum Gasteiger partial charge on any atom is 0.201 e. The minimum absolute atomic E-state index is 0.0419. The lowest BCUT2D eigenvalue weighted by Gasteiger charge is -2.37. The van der Waals surface area contributed by atoms with E-state index in [9.17, 15) is 8.78 Å². The van der Waals surface area contributed by atoms with Gasteiger partial charge in [-0.05, 0) is 75.3 Å². The van der Waals surface area contributed by atoms with Crippen LogP contribution in [-0.4, -0.2) is 6.61 Å². The number of halogens is 2. The normalized spacial score (nSPS) is 27.7. The van der Waals surface area contributed by atoms with Gasteiger partial charge in [0.2, 0.25) is 5.82 Å². The first kappa shape index (κ1) is 21.2. The Balaban J connectivity index is 1.51. The van der Waals surface area contributed by atoms with Crippen LogP contribution in [0.25, 0.3) is 0 Å². The molecular weight excluding hydrogens is 354 g/mol. The fourth-order valence-corrected chi connectivity index (χ4v) is 5.17. The molecule has 1 aromatic rings. The summed E-state index contributed by atoms with van der Waals surface area (Å²) < 4.78 is 33.2. The third-order valence-electron chi connectivity index (χ3n) is 6.78. The van der Waals surface area contributed by atoms with E-state index < -0.39 is 11.6 Å². The molecule has 2 saturated carbocycles. The van der Waals surface area contributed by atoms with Gasteiger partial charge in [0.1, 0.15) is 0 Å². The zero-order valence-corrected chi connectivity index (χ0v) is 17.4. The molecule has 0 bridgehead atoms. The van der Waals surface area contributed by atoms with Gasteiger partial charge in [-0.3, -0.25) is 0 Å². The highest BCUT2D eigenvalue weighted by Gasteiger charge is 2.30. The Morgan fingerprint density at radius 1 is 0.893 bits per heavy atom. The fraction of sp³-hybridized carbons (Fsp3) is 0.680. The molecule has 0 heterocycles. The maximum absolute atomic E-state index is 14.2. The van der Waals surface area contributed by atoms with Crippen molar-refractivity contribution in [3.05, 3.63) is 29.3 Å². The quantitative estimate of drug-likeness (QED) is 0.488. The SMILES string of the molecule is CCC[C@H]1CC[C@H](C2CCC(C#Cc3ccc(OCC)c(F)c3F)CC2)CC1. The molecule has 1 aromatic carbocycles. The van der Waals surface area contributed by atoms with Gasteiger partial charge in [0.15, 0.2) is 11.6 Å². The second kappa shape index (κ2) is 10.3. The summed E-state index contributed by atoms with van der Waals surface area (Å²) in [5, 5.41) is 0. The number of ether oxygens (including phenoxy) is 1. The molecule has 0 aromatic heterocycles. The summed E-state index contributed by atoms with van der Waals surface area (Å²) in [5.41, 5.74) is 0.136. The molecule has 0 spiro atoms. The second-order valence-corrected chi connectivity index (χ2v) is 8.62. The highest BCUT2D eigenvalue weighted by atomic mass is 19.2. The molecule has 0 radical (unpaired) electrons. The summed E-state index contributed by atoms with van der Waals surface area (Å²) >= 11 is 0. The molecule has 0 saturated heterocycles. The van der Waals surface area contributed by atoms with Crippen molar-refractivity contribution in [2.75, 3.05) is 6.61 Å². The van der Waals surface area contributed by atoms with Crippen LogP contribution < -0.4 is 4.74 Å². The van der Waals surface area contributed by atoms with Gasteiger partial charge in [-0.25, -0.2) is 4.39 Å². The predicted octanol–water partition coefficient (Wildman–Crippen LogP) is 7.13. The Bertz CT molecular complexity index is 686. The van der Waals surface area contributed by atoms with E-state index in [0.717, 1.165) is 30.6 Å². The summed E-state index contributed by atoms with van der Waals surface area (Å²) in [6.45, 7) is 4.35. The van der Waals surface area contributed by atoms with Crippen molar-refractivity contribution < 1.29 is 13.5 Å². The van der Waals surface area contributed by atoms with Crippen LogP contribution in [-0.2, 0) is 0 Å². The van der Waals surface area contributed by atoms with Crippen LogP contribution in [0.2, 0.25) is 0 Å². The van der Waals surface area contributed by atoms with Gasteiger partial charge < -0.3 is 4.74 Å². The third-order valence-corrected chi connectivity index (χ3v) is 6.78. The molecule has 3 heteroatoms. The van der Waals surface area contributed by atoms with Gasteiger partial charge >= 0.3 is 0 Å². The van der Waals surface area contributed by atoms with Crippen molar-refractivity contribution in [2.24, 2.45) is 23.7 Å². The second-order valence-electron chi connectivity index (χ2n) is 8.62. The number of benzene rings is 1. The fourth-order valence-electron chi connectivity index (χ4n) is 5.17. The van der Waals surface area contributed by atoms with Crippen LogP contribution in [0.5, 0.6) is 5.75 Å². The van der Waals surface area contributed by atoms with Crippen LogP contribution in [0.4, 0.5) is 8.78 Å². The smallest absolute Gasteiger partial charge is 0.201 e.